The molecule has 0 spiro atoms. The summed E-state index contributed by atoms with van der Waals surface area (Å²) in [6.45, 7) is 10.8. The third-order valence-corrected chi connectivity index (χ3v) is 3.73. The average Bonchev–Trinajstić information content (AvgIpc) is 2.43. The number of likely N-dealkylation sites (tertiary alicyclic amines) is 1. The molecule has 0 aliphatic carbocycles. The Morgan fingerprint density at radius 3 is 2.65 bits per heavy atom. The highest BCUT2D eigenvalue weighted by atomic mass is 16.5. The Balaban J connectivity index is 2.07. The van der Waals surface area contributed by atoms with Crippen LogP contribution in [-0.4, -0.2) is 37.9 Å². The van der Waals surface area contributed by atoms with Crippen LogP contribution in [0.3, 0.4) is 0 Å². The van der Waals surface area contributed by atoms with E-state index in [9.17, 15) is 4.79 Å². The lowest BCUT2D eigenvalue weighted by atomic mass is 9.93. The van der Waals surface area contributed by atoms with E-state index in [2.05, 4.69) is 25.1 Å². The van der Waals surface area contributed by atoms with Crippen LogP contribution in [0.1, 0.15) is 32.1 Å². The average molecular weight is 277 g/mol. The van der Waals surface area contributed by atoms with Gasteiger partial charge in [-0.1, -0.05) is 19.2 Å². The molecule has 0 amide bonds. The van der Waals surface area contributed by atoms with E-state index in [1.54, 1.807) is 12.2 Å². The van der Waals surface area contributed by atoms with Crippen molar-refractivity contribution in [2.24, 2.45) is 5.92 Å². The summed E-state index contributed by atoms with van der Waals surface area (Å²) in [7, 11) is 2.19. The first-order chi connectivity index (χ1) is 9.61. The maximum absolute atomic E-state index is 10.3. The van der Waals surface area contributed by atoms with Crippen molar-refractivity contribution in [1.29, 1.82) is 0 Å². The highest BCUT2D eigenvalue weighted by Crippen LogP contribution is 2.21. The first-order valence-electron chi connectivity index (χ1n) is 7.41. The Morgan fingerprint density at radius 2 is 2.00 bits per heavy atom. The molecule has 1 aliphatic heterocycles. The van der Waals surface area contributed by atoms with Crippen molar-refractivity contribution >= 4 is 6.29 Å². The summed E-state index contributed by atoms with van der Waals surface area (Å²) in [6, 6.07) is 0. The third-order valence-electron chi connectivity index (χ3n) is 3.73. The fourth-order valence-corrected chi connectivity index (χ4v) is 2.36. The summed E-state index contributed by atoms with van der Waals surface area (Å²) >= 11 is 0. The fourth-order valence-electron chi connectivity index (χ4n) is 2.36. The van der Waals surface area contributed by atoms with Gasteiger partial charge in [-0.3, -0.25) is 0 Å². The first-order valence-corrected chi connectivity index (χ1v) is 7.41. The zero-order chi connectivity index (χ0) is 14.8. The number of carbonyl (C=O) groups excluding carboxylic acids is 1. The summed E-state index contributed by atoms with van der Waals surface area (Å²) in [6.07, 6.45) is 9.71. The second-order valence-electron chi connectivity index (χ2n) is 5.57. The molecule has 1 heterocycles. The molecular formula is C17H27NO2. The molecule has 3 heteroatoms. The predicted octanol–water partition coefficient (Wildman–Crippen LogP) is 3.34. The van der Waals surface area contributed by atoms with Crippen LogP contribution in [0, 0.1) is 5.92 Å². The second-order valence-corrected chi connectivity index (χ2v) is 5.57. The van der Waals surface area contributed by atoms with Crippen molar-refractivity contribution in [3.8, 4) is 0 Å². The molecule has 0 unspecified atom stereocenters. The van der Waals surface area contributed by atoms with E-state index >= 15 is 0 Å². The van der Waals surface area contributed by atoms with Crippen LogP contribution in [0.2, 0.25) is 0 Å². The Bertz CT molecular complexity index is 352. The lowest BCUT2D eigenvalue weighted by Gasteiger charge is -2.28. The van der Waals surface area contributed by atoms with Gasteiger partial charge in [-0.05, 0) is 63.4 Å². The van der Waals surface area contributed by atoms with E-state index in [1.165, 1.54) is 32.4 Å². The molecule has 0 aromatic rings. The molecule has 20 heavy (non-hydrogen) atoms. The summed E-state index contributed by atoms with van der Waals surface area (Å²) in [5, 5.41) is 0. The van der Waals surface area contributed by atoms with Gasteiger partial charge in [0, 0.05) is 6.42 Å². The molecule has 1 rings (SSSR count). The van der Waals surface area contributed by atoms with E-state index in [0.29, 0.717) is 12.2 Å². The highest BCUT2D eigenvalue weighted by molar-refractivity contribution is 5.55. The first kappa shape index (κ1) is 16.7. The second kappa shape index (κ2) is 9.54. The van der Waals surface area contributed by atoms with Crippen molar-refractivity contribution in [1.82, 2.24) is 4.90 Å². The minimum atomic E-state index is 0.361. The number of allylic oxidation sites excluding steroid dienone is 3. The van der Waals surface area contributed by atoms with Gasteiger partial charge in [-0.2, -0.15) is 0 Å². The van der Waals surface area contributed by atoms with Crippen LogP contribution in [0.4, 0.5) is 0 Å². The van der Waals surface area contributed by atoms with E-state index in [4.69, 9.17) is 4.74 Å². The third kappa shape index (κ3) is 7.29. The van der Waals surface area contributed by atoms with Crippen molar-refractivity contribution in [2.75, 3.05) is 26.7 Å². The molecular weight excluding hydrogens is 250 g/mol. The van der Waals surface area contributed by atoms with Gasteiger partial charge in [0.1, 0.15) is 12.0 Å². The molecule has 0 bridgehead atoms. The van der Waals surface area contributed by atoms with Crippen LogP contribution in [0.25, 0.3) is 0 Å². The molecule has 1 aliphatic rings. The lowest BCUT2D eigenvalue weighted by Crippen LogP contribution is -2.30. The number of hydrogen-bond donors (Lipinski definition) is 0. The van der Waals surface area contributed by atoms with Crippen molar-refractivity contribution in [2.45, 2.75) is 32.1 Å². The predicted molar refractivity (Wildman–Crippen MR) is 83.5 cm³/mol. The van der Waals surface area contributed by atoms with Gasteiger partial charge in [0.05, 0.1) is 6.61 Å². The van der Waals surface area contributed by atoms with Gasteiger partial charge in [0.15, 0.2) is 0 Å². The van der Waals surface area contributed by atoms with Crippen molar-refractivity contribution in [3.05, 3.63) is 36.6 Å². The maximum Gasteiger partial charge on any atom is 0.124 e. The smallest absolute Gasteiger partial charge is 0.124 e. The van der Waals surface area contributed by atoms with Crippen LogP contribution < -0.4 is 0 Å². The summed E-state index contributed by atoms with van der Waals surface area (Å²) in [5.74, 6) is 1.49. The topological polar surface area (TPSA) is 29.5 Å². The summed E-state index contributed by atoms with van der Waals surface area (Å²) in [4.78, 5) is 12.7. The zero-order valence-electron chi connectivity index (χ0n) is 12.6. The van der Waals surface area contributed by atoms with Crippen LogP contribution >= 0.6 is 0 Å². The maximum atomic E-state index is 10.3. The molecule has 1 fully saturated rings. The molecule has 0 radical (unpaired) electrons. The Hall–Kier alpha value is -1.35. The molecule has 0 aromatic heterocycles. The largest absolute Gasteiger partial charge is 0.494 e. The zero-order valence-corrected chi connectivity index (χ0v) is 12.6. The molecule has 0 aromatic carbocycles. The molecule has 0 atom stereocenters. The van der Waals surface area contributed by atoms with E-state index in [1.807, 2.05) is 0 Å². The number of carbonyl (C=O) groups is 1. The summed E-state index contributed by atoms with van der Waals surface area (Å²) < 4.78 is 5.56. The van der Waals surface area contributed by atoms with Crippen LogP contribution in [0.15, 0.2) is 36.6 Å². The van der Waals surface area contributed by atoms with Crippen molar-refractivity contribution < 1.29 is 9.53 Å². The fraction of sp³-hybridized carbons (Fsp3) is 0.588. The standard InChI is InChI=1S/C17H27NO2/c1-15(10-13-19)6-7-16(2)20-14-4-5-17-8-11-18(3)12-9-17/h6-7,13,17H,1-2,4-5,8-12,14H2,3H3/b7-6-. The Kier molecular flexibility index (Phi) is 7.97. The number of hydrogen-bond acceptors (Lipinski definition) is 3. The number of ether oxygens (including phenoxy) is 1. The summed E-state index contributed by atoms with van der Waals surface area (Å²) in [5.41, 5.74) is 0.774. The molecule has 0 saturated carbocycles. The van der Waals surface area contributed by atoms with Gasteiger partial charge in [0.2, 0.25) is 0 Å². The van der Waals surface area contributed by atoms with Gasteiger partial charge in [0.25, 0.3) is 0 Å². The molecule has 112 valence electrons. The van der Waals surface area contributed by atoms with Gasteiger partial charge in [-0.25, -0.2) is 0 Å². The molecule has 1 saturated heterocycles. The SMILES string of the molecule is C=C(/C=C\C(=C)OCCCC1CCN(C)CC1)CC=O. The van der Waals surface area contributed by atoms with Crippen LogP contribution in [0.5, 0.6) is 0 Å². The molecule has 3 nitrogen and oxygen atoms in total. The monoisotopic (exact) mass is 277 g/mol. The number of rotatable bonds is 9. The number of nitrogens with zero attached hydrogens (tertiary/aromatic N) is 1. The van der Waals surface area contributed by atoms with Gasteiger partial charge < -0.3 is 14.4 Å². The van der Waals surface area contributed by atoms with E-state index in [-0.39, 0.29) is 0 Å². The quantitative estimate of drug-likeness (QED) is 0.280. The normalized spacial score (nSPS) is 17.2. The lowest BCUT2D eigenvalue weighted by molar-refractivity contribution is -0.107. The van der Waals surface area contributed by atoms with Gasteiger partial charge >= 0.3 is 0 Å². The minimum Gasteiger partial charge on any atom is -0.494 e. The van der Waals surface area contributed by atoms with E-state index < -0.39 is 0 Å². The molecule has 0 N–H and O–H groups in total. The van der Waals surface area contributed by atoms with Crippen LogP contribution in [-0.2, 0) is 9.53 Å². The van der Waals surface area contributed by atoms with Gasteiger partial charge in [-0.15, -0.1) is 0 Å². The Morgan fingerprint density at radius 1 is 1.30 bits per heavy atom. The number of piperidine rings is 1. The highest BCUT2D eigenvalue weighted by Gasteiger charge is 2.15. The van der Waals surface area contributed by atoms with E-state index in [0.717, 1.165) is 30.8 Å². The number of aldehydes is 1. The minimum absolute atomic E-state index is 0.361. The van der Waals surface area contributed by atoms with Crippen molar-refractivity contribution in [3.63, 3.8) is 0 Å². The Labute approximate surface area is 123 Å².